The summed E-state index contributed by atoms with van der Waals surface area (Å²) < 4.78 is 56.3. The van der Waals surface area contributed by atoms with E-state index < -0.39 is 26.1 Å². The second-order valence-corrected chi connectivity index (χ2v) is 8.89. The Morgan fingerprint density at radius 3 is 2.31 bits per heavy atom. The first-order valence-electron chi connectivity index (χ1n) is 8.52. The van der Waals surface area contributed by atoms with E-state index in [9.17, 15) is 21.6 Å². The number of anilines is 2. The molecule has 0 spiro atoms. The quantitative estimate of drug-likeness (QED) is 0.430. The van der Waals surface area contributed by atoms with Crippen molar-refractivity contribution in [1.29, 1.82) is 0 Å². The standard InChI is InChI=1S/C17H22N4O6S2/c1-2-27-15-6-8-16(9-7-15)28(23,24)19-11-10-17(22)20-13-4-3-5-14(12-13)21-29(18,25)26/h3-9,12,19,21H,2,10-11H2,1H3,(H,20,22)(H2,18,25,26). The van der Waals surface area contributed by atoms with E-state index in [-0.39, 0.29) is 23.5 Å². The summed E-state index contributed by atoms with van der Waals surface area (Å²) in [5.41, 5.74) is 0.513. The van der Waals surface area contributed by atoms with E-state index >= 15 is 0 Å². The fourth-order valence-corrected chi connectivity index (χ4v) is 3.80. The van der Waals surface area contributed by atoms with Crippen LogP contribution in [0.5, 0.6) is 5.75 Å². The lowest BCUT2D eigenvalue weighted by Gasteiger charge is -2.10. The molecule has 0 aliphatic carbocycles. The van der Waals surface area contributed by atoms with Crippen LogP contribution in [0.2, 0.25) is 0 Å². The van der Waals surface area contributed by atoms with Gasteiger partial charge in [0.1, 0.15) is 5.75 Å². The van der Waals surface area contributed by atoms with Crippen LogP contribution in [0.1, 0.15) is 13.3 Å². The third-order valence-corrected chi connectivity index (χ3v) is 5.49. The van der Waals surface area contributed by atoms with Crippen LogP contribution in [0.4, 0.5) is 11.4 Å². The summed E-state index contributed by atoms with van der Waals surface area (Å²) in [5.74, 6) is 0.108. The van der Waals surface area contributed by atoms with Gasteiger partial charge in [-0.05, 0) is 49.4 Å². The van der Waals surface area contributed by atoms with E-state index in [1.54, 1.807) is 18.2 Å². The molecule has 0 unspecified atom stereocenters. The summed E-state index contributed by atoms with van der Waals surface area (Å²) in [6, 6.07) is 11.8. The third-order valence-electron chi connectivity index (χ3n) is 3.50. The summed E-state index contributed by atoms with van der Waals surface area (Å²) in [5, 5.41) is 7.45. The van der Waals surface area contributed by atoms with E-state index in [1.807, 2.05) is 6.92 Å². The van der Waals surface area contributed by atoms with Gasteiger partial charge in [-0.15, -0.1) is 0 Å². The Labute approximate surface area is 169 Å². The van der Waals surface area contributed by atoms with Crippen LogP contribution < -0.4 is 24.6 Å². The van der Waals surface area contributed by atoms with E-state index in [2.05, 4.69) is 14.8 Å². The monoisotopic (exact) mass is 442 g/mol. The fraction of sp³-hybridized carbons (Fsp3) is 0.235. The van der Waals surface area contributed by atoms with Gasteiger partial charge in [0.25, 0.3) is 10.2 Å². The molecule has 0 bridgehead atoms. The Morgan fingerprint density at radius 1 is 1.03 bits per heavy atom. The highest BCUT2D eigenvalue weighted by Crippen LogP contribution is 2.17. The van der Waals surface area contributed by atoms with Gasteiger partial charge in [0.2, 0.25) is 15.9 Å². The Hall–Kier alpha value is -2.67. The SMILES string of the molecule is CCOc1ccc(S(=O)(=O)NCCC(=O)Nc2cccc(NS(N)(=O)=O)c2)cc1. The summed E-state index contributed by atoms with van der Waals surface area (Å²) in [6.07, 6.45) is -0.122. The third kappa shape index (κ3) is 7.69. The van der Waals surface area contributed by atoms with Crippen molar-refractivity contribution in [1.82, 2.24) is 4.72 Å². The van der Waals surface area contributed by atoms with Gasteiger partial charge in [0, 0.05) is 18.7 Å². The van der Waals surface area contributed by atoms with Crippen molar-refractivity contribution in [3.05, 3.63) is 48.5 Å². The number of nitrogens with one attached hydrogen (secondary N) is 3. The molecule has 29 heavy (non-hydrogen) atoms. The van der Waals surface area contributed by atoms with E-state index in [0.29, 0.717) is 18.0 Å². The van der Waals surface area contributed by atoms with Gasteiger partial charge in [0.05, 0.1) is 17.2 Å². The van der Waals surface area contributed by atoms with Crippen LogP contribution >= 0.6 is 0 Å². The Balaban J connectivity index is 1.88. The van der Waals surface area contributed by atoms with E-state index in [4.69, 9.17) is 9.88 Å². The zero-order valence-corrected chi connectivity index (χ0v) is 17.2. The molecule has 0 aliphatic heterocycles. The lowest BCUT2D eigenvalue weighted by molar-refractivity contribution is -0.116. The number of benzene rings is 2. The Bertz CT molecular complexity index is 1050. The maximum atomic E-state index is 12.3. The lowest BCUT2D eigenvalue weighted by Crippen LogP contribution is -2.27. The topological polar surface area (TPSA) is 157 Å². The minimum Gasteiger partial charge on any atom is -0.494 e. The number of ether oxygens (including phenoxy) is 1. The predicted octanol–water partition coefficient (Wildman–Crippen LogP) is 1.01. The smallest absolute Gasteiger partial charge is 0.296 e. The molecule has 1 amide bonds. The molecular formula is C17H22N4O6S2. The molecule has 12 heteroatoms. The molecular weight excluding hydrogens is 420 g/mol. The Morgan fingerprint density at radius 2 is 1.69 bits per heavy atom. The van der Waals surface area contributed by atoms with Crippen molar-refractivity contribution in [3.8, 4) is 5.75 Å². The number of nitrogens with two attached hydrogens (primary N) is 1. The van der Waals surface area contributed by atoms with Crippen LogP contribution in [0, 0.1) is 0 Å². The highest BCUT2D eigenvalue weighted by atomic mass is 32.2. The second-order valence-electron chi connectivity index (χ2n) is 5.83. The molecule has 0 saturated carbocycles. The number of rotatable bonds is 10. The number of hydrogen-bond donors (Lipinski definition) is 4. The first-order valence-corrected chi connectivity index (χ1v) is 11.5. The van der Waals surface area contributed by atoms with Gasteiger partial charge in [0.15, 0.2) is 0 Å². The van der Waals surface area contributed by atoms with Crippen LogP contribution in [-0.2, 0) is 25.0 Å². The maximum absolute atomic E-state index is 12.3. The fourth-order valence-electron chi connectivity index (χ4n) is 2.31. The highest BCUT2D eigenvalue weighted by molar-refractivity contribution is 7.90. The summed E-state index contributed by atoms with van der Waals surface area (Å²) in [4.78, 5) is 12.1. The summed E-state index contributed by atoms with van der Waals surface area (Å²) >= 11 is 0. The van der Waals surface area contributed by atoms with Crippen molar-refractivity contribution in [3.63, 3.8) is 0 Å². The zero-order valence-electron chi connectivity index (χ0n) is 15.6. The molecule has 2 rings (SSSR count). The van der Waals surface area contributed by atoms with Gasteiger partial charge in [-0.25, -0.2) is 18.3 Å². The van der Waals surface area contributed by atoms with Crippen LogP contribution in [-0.4, -0.2) is 35.9 Å². The molecule has 0 radical (unpaired) electrons. The number of amides is 1. The largest absolute Gasteiger partial charge is 0.494 e. The van der Waals surface area contributed by atoms with Crippen molar-refractivity contribution < 1.29 is 26.4 Å². The van der Waals surface area contributed by atoms with Gasteiger partial charge in [-0.3, -0.25) is 9.52 Å². The minimum absolute atomic E-state index is 0.0585. The van der Waals surface area contributed by atoms with Crippen LogP contribution in [0.3, 0.4) is 0 Å². The molecule has 2 aromatic rings. The Kier molecular flexibility index (Phi) is 7.56. The molecule has 0 fully saturated rings. The van der Waals surface area contributed by atoms with E-state index in [1.165, 1.54) is 30.3 Å². The van der Waals surface area contributed by atoms with Gasteiger partial charge in [-0.2, -0.15) is 8.42 Å². The average Bonchev–Trinajstić information content (AvgIpc) is 2.61. The molecule has 0 atom stereocenters. The first kappa shape index (κ1) is 22.6. The number of hydrogen-bond acceptors (Lipinski definition) is 6. The van der Waals surface area contributed by atoms with Crippen LogP contribution in [0.15, 0.2) is 53.4 Å². The molecule has 0 aromatic heterocycles. The second kappa shape index (κ2) is 9.69. The van der Waals surface area contributed by atoms with Gasteiger partial charge < -0.3 is 10.1 Å². The first-order chi connectivity index (χ1) is 13.6. The molecule has 0 aliphatic rings. The van der Waals surface area contributed by atoms with Crippen molar-refractivity contribution in [2.45, 2.75) is 18.2 Å². The van der Waals surface area contributed by atoms with Gasteiger partial charge in [-0.1, -0.05) is 6.07 Å². The minimum atomic E-state index is -3.93. The predicted molar refractivity (Wildman–Crippen MR) is 109 cm³/mol. The van der Waals surface area contributed by atoms with Crippen molar-refractivity contribution >= 4 is 37.5 Å². The van der Waals surface area contributed by atoms with E-state index in [0.717, 1.165) is 0 Å². The average molecular weight is 443 g/mol. The number of carbonyl (C=O) groups is 1. The molecule has 158 valence electrons. The van der Waals surface area contributed by atoms with Gasteiger partial charge >= 0.3 is 0 Å². The molecule has 5 N–H and O–H groups in total. The molecule has 0 saturated heterocycles. The summed E-state index contributed by atoms with van der Waals surface area (Å²) in [7, 11) is -7.70. The molecule has 10 nitrogen and oxygen atoms in total. The normalized spacial score (nSPS) is 11.7. The molecule has 2 aromatic carbocycles. The highest BCUT2D eigenvalue weighted by Gasteiger charge is 2.14. The van der Waals surface area contributed by atoms with Crippen molar-refractivity contribution in [2.24, 2.45) is 5.14 Å². The summed E-state index contributed by atoms with van der Waals surface area (Å²) in [6.45, 7) is 2.18. The lowest BCUT2D eigenvalue weighted by atomic mass is 10.2. The number of carbonyl (C=O) groups excluding carboxylic acids is 1. The maximum Gasteiger partial charge on any atom is 0.296 e. The zero-order chi connectivity index (χ0) is 21.5. The van der Waals surface area contributed by atoms with Crippen molar-refractivity contribution in [2.75, 3.05) is 23.2 Å². The molecule has 0 heterocycles. The van der Waals surface area contributed by atoms with Crippen LogP contribution in [0.25, 0.3) is 0 Å². The number of sulfonamides is 1.